The summed E-state index contributed by atoms with van der Waals surface area (Å²) in [4.78, 5) is 20.0. The van der Waals surface area contributed by atoms with Gasteiger partial charge in [-0.1, -0.05) is 199 Å². The minimum Gasteiger partial charge on any atom is -0.309 e. The quantitative estimate of drug-likeness (QED) is 0.135. The van der Waals surface area contributed by atoms with Crippen LogP contribution >= 0.6 is 0 Å². The first-order chi connectivity index (χ1) is 38.4. The topological polar surface area (TPSA) is 52.9 Å². The third-order valence-corrected chi connectivity index (χ3v) is 15.1. The van der Waals surface area contributed by atoms with E-state index < -0.39 is 0 Å². The summed E-state index contributed by atoms with van der Waals surface area (Å²) in [7, 11) is 0. The number of para-hydroxylation sites is 3. The fraction of sp³-hybridized carbons (Fsp3) is 0.0278. The summed E-state index contributed by atoms with van der Waals surface area (Å²) >= 11 is 0. The lowest BCUT2D eigenvalue weighted by Crippen LogP contribution is -2.04. The van der Waals surface area contributed by atoms with E-state index in [1.54, 1.807) is 0 Å². The SMILES string of the molecule is [C-]#[N+]c1ccccc1-c1ccc(-n2c3ccccc3c3cc(-c4cccc(C)c4)ccc32)c(-c2cc(-n3c4ccccc4c4cc(-c5cccc(C)c5)ccc43)ccc2-c2nc(-c3ccccc3)nc(-c3ccccc3)n2)c1. The van der Waals surface area contributed by atoms with Gasteiger partial charge in [-0.15, -0.1) is 0 Å². The molecule has 3 aromatic heterocycles. The van der Waals surface area contributed by atoms with Gasteiger partial charge in [0.1, 0.15) is 0 Å². The van der Waals surface area contributed by atoms with Gasteiger partial charge in [0.15, 0.2) is 23.2 Å². The summed E-state index contributed by atoms with van der Waals surface area (Å²) in [5.41, 5.74) is 20.2. The van der Waals surface area contributed by atoms with Crippen molar-refractivity contribution >= 4 is 49.3 Å². The van der Waals surface area contributed by atoms with E-state index in [0.717, 1.165) is 88.7 Å². The molecular weight excluding hydrogens is 949 g/mol. The molecule has 14 aromatic rings. The minimum absolute atomic E-state index is 0.539. The number of benzene rings is 11. The average Bonchev–Trinajstić information content (AvgIpc) is 4.23. The largest absolute Gasteiger partial charge is 0.309 e. The van der Waals surface area contributed by atoms with Crippen molar-refractivity contribution in [3.8, 4) is 90.0 Å². The van der Waals surface area contributed by atoms with E-state index in [1.807, 2.05) is 84.9 Å². The molecule has 0 saturated carbocycles. The molecule has 0 atom stereocenters. The van der Waals surface area contributed by atoms with Crippen molar-refractivity contribution in [2.24, 2.45) is 0 Å². The van der Waals surface area contributed by atoms with Crippen molar-refractivity contribution in [1.29, 1.82) is 0 Å². The van der Waals surface area contributed by atoms with Crippen LogP contribution in [-0.2, 0) is 0 Å². The van der Waals surface area contributed by atoms with Gasteiger partial charge in [0, 0.05) is 49.5 Å². The normalized spacial score (nSPS) is 11.4. The van der Waals surface area contributed by atoms with Crippen molar-refractivity contribution in [3.05, 3.63) is 277 Å². The molecule has 0 radical (unpaired) electrons. The van der Waals surface area contributed by atoms with Gasteiger partial charge in [-0.25, -0.2) is 19.8 Å². The molecular formula is C72H48N6. The van der Waals surface area contributed by atoms with Crippen LogP contribution in [0.5, 0.6) is 0 Å². The molecule has 0 spiro atoms. The third-order valence-electron chi connectivity index (χ3n) is 15.1. The standard InChI is InChI=1S/C72H48N6/c1-46-18-16-24-50(40-46)52-32-37-67-61(42-52)57-27-11-14-30-65(57)77(67)55-35-36-59(72-75-70(48-20-6-4-7-21-48)74-71(76-72)49-22-8-5-9-23-49)60(45-55)63-44-54(56-26-10-13-29-64(56)73-3)34-39-69(63)78-66-31-15-12-28-58(66)62-43-53(33-38-68(62)78)51-25-17-19-47(2)41-51/h4-45H,1-2H3. The molecule has 0 aliphatic carbocycles. The monoisotopic (exact) mass is 996 g/mol. The molecule has 11 aromatic carbocycles. The lowest BCUT2D eigenvalue weighted by molar-refractivity contribution is 1.07. The first-order valence-electron chi connectivity index (χ1n) is 26.3. The summed E-state index contributed by atoms with van der Waals surface area (Å²) in [6.45, 7) is 12.6. The van der Waals surface area contributed by atoms with Gasteiger partial charge in [0.2, 0.25) is 0 Å². The van der Waals surface area contributed by atoms with E-state index >= 15 is 0 Å². The summed E-state index contributed by atoms with van der Waals surface area (Å²) in [6, 6.07) is 90.1. The van der Waals surface area contributed by atoms with Crippen LogP contribution in [-0.4, -0.2) is 24.1 Å². The molecule has 3 heterocycles. The summed E-state index contributed by atoms with van der Waals surface area (Å²) in [5.74, 6) is 1.69. The molecule has 6 heteroatoms. The van der Waals surface area contributed by atoms with E-state index in [4.69, 9.17) is 21.5 Å². The van der Waals surface area contributed by atoms with Gasteiger partial charge >= 0.3 is 0 Å². The Morgan fingerprint density at radius 3 is 1.40 bits per heavy atom. The highest BCUT2D eigenvalue weighted by atomic mass is 15.0. The maximum atomic E-state index is 8.31. The molecule has 0 fully saturated rings. The van der Waals surface area contributed by atoms with Crippen molar-refractivity contribution in [1.82, 2.24) is 24.1 Å². The number of nitrogens with zero attached hydrogens (tertiary/aromatic N) is 6. The van der Waals surface area contributed by atoms with Gasteiger partial charge in [-0.05, 0) is 120 Å². The maximum Gasteiger partial charge on any atom is 0.194 e. The Labute approximate surface area is 452 Å². The fourth-order valence-corrected chi connectivity index (χ4v) is 11.4. The molecule has 0 unspecified atom stereocenters. The van der Waals surface area contributed by atoms with Crippen LogP contribution in [0.1, 0.15) is 11.1 Å². The smallest absolute Gasteiger partial charge is 0.194 e. The third kappa shape index (κ3) is 8.01. The number of fused-ring (bicyclic) bond motifs is 6. The Morgan fingerprint density at radius 1 is 0.308 bits per heavy atom. The fourth-order valence-electron chi connectivity index (χ4n) is 11.4. The second-order valence-corrected chi connectivity index (χ2v) is 20.0. The highest BCUT2D eigenvalue weighted by molar-refractivity contribution is 6.12. The number of aromatic nitrogens is 5. The van der Waals surface area contributed by atoms with E-state index in [9.17, 15) is 0 Å². The van der Waals surface area contributed by atoms with Gasteiger partial charge in [0.25, 0.3) is 0 Å². The van der Waals surface area contributed by atoms with Gasteiger partial charge < -0.3 is 9.13 Å². The van der Waals surface area contributed by atoms with Crippen LogP contribution in [0.3, 0.4) is 0 Å². The van der Waals surface area contributed by atoms with Crippen molar-refractivity contribution < 1.29 is 0 Å². The van der Waals surface area contributed by atoms with Crippen LogP contribution in [0.15, 0.2) is 255 Å². The van der Waals surface area contributed by atoms with Gasteiger partial charge in [-0.2, -0.15) is 0 Å². The maximum absolute atomic E-state index is 8.31. The Hall–Kier alpha value is -10.5. The minimum atomic E-state index is 0.539. The molecule has 0 N–H and O–H groups in total. The molecule has 78 heavy (non-hydrogen) atoms. The molecule has 14 rings (SSSR count). The Bertz CT molecular complexity index is 4650. The molecule has 0 aliphatic rings. The number of hydrogen-bond donors (Lipinski definition) is 0. The highest BCUT2D eigenvalue weighted by Gasteiger charge is 2.24. The Morgan fingerprint density at radius 2 is 0.795 bits per heavy atom. The number of rotatable bonds is 9. The van der Waals surface area contributed by atoms with Gasteiger partial charge in [-0.3, -0.25) is 0 Å². The zero-order valence-corrected chi connectivity index (χ0v) is 42.9. The summed E-state index contributed by atoms with van der Waals surface area (Å²) in [6.07, 6.45) is 0. The van der Waals surface area contributed by atoms with Crippen molar-refractivity contribution in [2.45, 2.75) is 13.8 Å². The molecule has 0 aliphatic heterocycles. The van der Waals surface area contributed by atoms with E-state index in [2.05, 4.69) is 198 Å². The molecule has 0 saturated heterocycles. The van der Waals surface area contributed by atoms with Crippen molar-refractivity contribution in [3.63, 3.8) is 0 Å². The molecule has 0 amide bonds. The van der Waals surface area contributed by atoms with Crippen LogP contribution in [0.4, 0.5) is 5.69 Å². The second-order valence-electron chi connectivity index (χ2n) is 20.0. The Balaban J connectivity index is 1.09. The molecule has 366 valence electrons. The van der Waals surface area contributed by atoms with Crippen LogP contribution in [0.2, 0.25) is 0 Å². The highest BCUT2D eigenvalue weighted by Crippen LogP contribution is 2.45. The van der Waals surface area contributed by atoms with Crippen LogP contribution in [0.25, 0.3) is 139 Å². The zero-order valence-electron chi connectivity index (χ0n) is 42.9. The predicted octanol–water partition coefficient (Wildman–Crippen LogP) is 18.9. The van der Waals surface area contributed by atoms with Crippen LogP contribution < -0.4 is 0 Å². The number of aryl methyl sites for hydroxylation is 2. The zero-order chi connectivity index (χ0) is 52.3. The van der Waals surface area contributed by atoms with Gasteiger partial charge in [0.05, 0.1) is 34.3 Å². The first-order valence-corrected chi connectivity index (χ1v) is 26.3. The predicted molar refractivity (Wildman–Crippen MR) is 322 cm³/mol. The van der Waals surface area contributed by atoms with Crippen molar-refractivity contribution in [2.75, 3.05) is 0 Å². The molecule has 0 bridgehead atoms. The summed E-state index contributed by atoms with van der Waals surface area (Å²) < 4.78 is 4.80. The average molecular weight is 997 g/mol. The van der Waals surface area contributed by atoms with E-state index in [0.29, 0.717) is 23.2 Å². The van der Waals surface area contributed by atoms with E-state index in [-0.39, 0.29) is 0 Å². The molecule has 6 nitrogen and oxygen atoms in total. The lowest BCUT2D eigenvalue weighted by Gasteiger charge is -2.20. The van der Waals surface area contributed by atoms with E-state index in [1.165, 1.54) is 38.6 Å². The number of hydrogen-bond acceptors (Lipinski definition) is 3. The lowest BCUT2D eigenvalue weighted by atomic mass is 9.92. The Kier molecular flexibility index (Phi) is 11.2. The first kappa shape index (κ1) is 46.1. The summed E-state index contributed by atoms with van der Waals surface area (Å²) in [5, 5.41) is 4.64. The van der Waals surface area contributed by atoms with Crippen LogP contribution in [0, 0.1) is 20.4 Å². The second kappa shape index (κ2) is 19.0.